The van der Waals surface area contributed by atoms with E-state index in [9.17, 15) is 4.79 Å². The second kappa shape index (κ2) is 6.11. The van der Waals surface area contributed by atoms with Crippen molar-refractivity contribution < 1.29 is 4.79 Å². The summed E-state index contributed by atoms with van der Waals surface area (Å²) >= 11 is 0. The number of carbonyl (C=O) groups excluding carboxylic acids is 1. The summed E-state index contributed by atoms with van der Waals surface area (Å²) in [4.78, 5) is 11.8. The zero-order valence-corrected chi connectivity index (χ0v) is 10.2. The molecule has 0 spiro atoms. The van der Waals surface area contributed by atoms with Gasteiger partial charge in [-0.05, 0) is 39.2 Å². The molecule has 15 heavy (non-hydrogen) atoms. The first-order valence-corrected chi connectivity index (χ1v) is 6.17. The smallest absolute Gasteiger partial charge is 0.237 e. The Morgan fingerprint density at radius 3 is 2.87 bits per heavy atom. The van der Waals surface area contributed by atoms with Gasteiger partial charge in [-0.15, -0.1) is 0 Å². The van der Waals surface area contributed by atoms with E-state index in [2.05, 4.69) is 17.6 Å². The summed E-state index contributed by atoms with van der Waals surface area (Å²) in [6, 6.07) is 0.281. The number of carbonyl (C=O) groups is 1. The summed E-state index contributed by atoms with van der Waals surface area (Å²) in [5.41, 5.74) is 0. The molecule has 0 bridgehead atoms. The summed E-state index contributed by atoms with van der Waals surface area (Å²) in [6.45, 7) is 7.21. The SMILES string of the molecule is CCCC1CCNC(C(=O)NC(C)C)C1. The largest absolute Gasteiger partial charge is 0.353 e. The van der Waals surface area contributed by atoms with Crippen LogP contribution in [0.2, 0.25) is 0 Å². The highest BCUT2D eigenvalue weighted by Crippen LogP contribution is 2.21. The molecule has 2 unspecified atom stereocenters. The fourth-order valence-corrected chi connectivity index (χ4v) is 2.25. The van der Waals surface area contributed by atoms with Crippen LogP contribution in [0.5, 0.6) is 0 Å². The molecule has 0 aliphatic carbocycles. The second-order valence-corrected chi connectivity index (χ2v) is 4.85. The monoisotopic (exact) mass is 212 g/mol. The van der Waals surface area contributed by atoms with E-state index < -0.39 is 0 Å². The molecule has 0 aromatic rings. The van der Waals surface area contributed by atoms with Crippen LogP contribution in [0.15, 0.2) is 0 Å². The summed E-state index contributed by atoms with van der Waals surface area (Å²) in [5, 5.41) is 6.27. The molecule has 3 nitrogen and oxygen atoms in total. The molecule has 2 atom stereocenters. The van der Waals surface area contributed by atoms with Gasteiger partial charge in [0.15, 0.2) is 0 Å². The molecular formula is C12H24N2O. The van der Waals surface area contributed by atoms with Crippen LogP contribution in [0.4, 0.5) is 0 Å². The maximum atomic E-state index is 11.8. The third-order valence-electron chi connectivity index (χ3n) is 2.96. The average Bonchev–Trinajstić information content (AvgIpc) is 2.17. The minimum Gasteiger partial charge on any atom is -0.353 e. The van der Waals surface area contributed by atoms with Crippen molar-refractivity contribution in [1.29, 1.82) is 0 Å². The van der Waals surface area contributed by atoms with Crippen LogP contribution in [0, 0.1) is 5.92 Å². The van der Waals surface area contributed by atoms with Crippen LogP contribution in [-0.4, -0.2) is 24.5 Å². The van der Waals surface area contributed by atoms with Gasteiger partial charge in [0.2, 0.25) is 5.91 Å². The Labute approximate surface area is 93.0 Å². The maximum Gasteiger partial charge on any atom is 0.237 e. The molecule has 88 valence electrons. The number of piperidine rings is 1. The highest BCUT2D eigenvalue weighted by Gasteiger charge is 2.26. The molecule has 1 heterocycles. The van der Waals surface area contributed by atoms with Crippen molar-refractivity contribution in [2.24, 2.45) is 5.92 Å². The van der Waals surface area contributed by atoms with Gasteiger partial charge < -0.3 is 10.6 Å². The maximum absolute atomic E-state index is 11.8. The number of hydrogen-bond donors (Lipinski definition) is 2. The van der Waals surface area contributed by atoms with Crippen molar-refractivity contribution in [3.05, 3.63) is 0 Å². The lowest BCUT2D eigenvalue weighted by Gasteiger charge is -2.29. The molecule has 0 aromatic heterocycles. The van der Waals surface area contributed by atoms with Gasteiger partial charge in [0.1, 0.15) is 0 Å². The first kappa shape index (κ1) is 12.5. The summed E-state index contributed by atoms with van der Waals surface area (Å²) in [7, 11) is 0. The van der Waals surface area contributed by atoms with Crippen LogP contribution in [-0.2, 0) is 4.79 Å². The molecule has 1 aliphatic rings. The van der Waals surface area contributed by atoms with Gasteiger partial charge in [-0.3, -0.25) is 4.79 Å². The van der Waals surface area contributed by atoms with E-state index in [0.29, 0.717) is 0 Å². The van der Waals surface area contributed by atoms with E-state index in [-0.39, 0.29) is 18.0 Å². The Morgan fingerprint density at radius 2 is 2.27 bits per heavy atom. The molecule has 3 heteroatoms. The standard InChI is InChI=1S/C12H24N2O/c1-4-5-10-6-7-13-11(8-10)12(15)14-9(2)3/h9-11,13H,4-8H2,1-3H3,(H,14,15). The number of hydrogen-bond acceptors (Lipinski definition) is 2. The van der Waals surface area contributed by atoms with Gasteiger partial charge in [0, 0.05) is 6.04 Å². The molecule has 0 aromatic carbocycles. The van der Waals surface area contributed by atoms with Crippen LogP contribution < -0.4 is 10.6 Å². The molecule has 1 fully saturated rings. The topological polar surface area (TPSA) is 41.1 Å². The fraction of sp³-hybridized carbons (Fsp3) is 0.917. The minimum atomic E-state index is 0.0395. The quantitative estimate of drug-likeness (QED) is 0.744. The summed E-state index contributed by atoms with van der Waals surface area (Å²) in [5.74, 6) is 0.907. The Morgan fingerprint density at radius 1 is 1.53 bits per heavy atom. The third-order valence-corrected chi connectivity index (χ3v) is 2.96. The van der Waals surface area contributed by atoms with Crippen molar-refractivity contribution in [2.75, 3.05) is 6.54 Å². The number of rotatable bonds is 4. The summed E-state index contributed by atoms with van der Waals surface area (Å²) in [6.07, 6.45) is 4.71. The first-order chi connectivity index (χ1) is 7.13. The van der Waals surface area contributed by atoms with E-state index in [1.807, 2.05) is 13.8 Å². The van der Waals surface area contributed by atoms with Gasteiger partial charge in [-0.25, -0.2) is 0 Å². The Kier molecular flexibility index (Phi) is 5.09. The molecular weight excluding hydrogens is 188 g/mol. The number of nitrogens with one attached hydrogen (secondary N) is 2. The van der Waals surface area contributed by atoms with Crippen molar-refractivity contribution in [3.8, 4) is 0 Å². The Hall–Kier alpha value is -0.570. The highest BCUT2D eigenvalue weighted by molar-refractivity contribution is 5.82. The lowest BCUT2D eigenvalue weighted by atomic mass is 9.88. The van der Waals surface area contributed by atoms with Crippen LogP contribution in [0.3, 0.4) is 0 Å². The predicted octanol–water partition coefficient (Wildman–Crippen LogP) is 1.68. The molecule has 1 saturated heterocycles. The Balaban J connectivity index is 2.38. The zero-order chi connectivity index (χ0) is 11.3. The van der Waals surface area contributed by atoms with Crippen molar-refractivity contribution in [3.63, 3.8) is 0 Å². The molecule has 2 N–H and O–H groups in total. The van der Waals surface area contributed by atoms with Gasteiger partial charge >= 0.3 is 0 Å². The van der Waals surface area contributed by atoms with Crippen molar-refractivity contribution >= 4 is 5.91 Å². The first-order valence-electron chi connectivity index (χ1n) is 6.17. The van der Waals surface area contributed by atoms with E-state index in [4.69, 9.17) is 0 Å². The molecule has 0 radical (unpaired) electrons. The van der Waals surface area contributed by atoms with Crippen molar-refractivity contribution in [1.82, 2.24) is 10.6 Å². The minimum absolute atomic E-state index is 0.0395. The second-order valence-electron chi connectivity index (χ2n) is 4.85. The molecule has 0 saturated carbocycles. The number of amides is 1. The predicted molar refractivity (Wildman–Crippen MR) is 62.7 cm³/mol. The van der Waals surface area contributed by atoms with E-state index in [0.717, 1.165) is 18.9 Å². The van der Waals surface area contributed by atoms with Crippen molar-refractivity contribution in [2.45, 2.75) is 58.5 Å². The highest BCUT2D eigenvalue weighted by atomic mass is 16.2. The van der Waals surface area contributed by atoms with Crippen LogP contribution in [0.25, 0.3) is 0 Å². The molecule has 1 amide bonds. The van der Waals surface area contributed by atoms with E-state index in [1.54, 1.807) is 0 Å². The van der Waals surface area contributed by atoms with Gasteiger partial charge in [-0.1, -0.05) is 19.8 Å². The zero-order valence-electron chi connectivity index (χ0n) is 10.2. The van der Waals surface area contributed by atoms with E-state index in [1.165, 1.54) is 19.3 Å². The fourth-order valence-electron chi connectivity index (χ4n) is 2.25. The lowest BCUT2D eigenvalue weighted by Crippen LogP contribution is -2.50. The van der Waals surface area contributed by atoms with E-state index >= 15 is 0 Å². The molecule has 1 rings (SSSR count). The summed E-state index contributed by atoms with van der Waals surface area (Å²) < 4.78 is 0. The third kappa shape index (κ3) is 4.20. The molecule has 1 aliphatic heterocycles. The van der Waals surface area contributed by atoms with Gasteiger partial charge in [0.25, 0.3) is 0 Å². The van der Waals surface area contributed by atoms with Crippen LogP contribution >= 0.6 is 0 Å². The Bertz CT molecular complexity index is 202. The normalized spacial score (nSPS) is 26.7. The average molecular weight is 212 g/mol. The van der Waals surface area contributed by atoms with Gasteiger partial charge in [-0.2, -0.15) is 0 Å². The lowest BCUT2D eigenvalue weighted by molar-refractivity contribution is -0.124. The van der Waals surface area contributed by atoms with Crippen LogP contribution in [0.1, 0.15) is 46.5 Å². The van der Waals surface area contributed by atoms with Gasteiger partial charge in [0.05, 0.1) is 6.04 Å².